The van der Waals surface area contributed by atoms with Crippen LogP contribution in [0.4, 0.5) is 4.79 Å². The first kappa shape index (κ1) is 17.0. The lowest BCUT2D eigenvalue weighted by Gasteiger charge is -2.32. The van der Waals surface area contributed by atoms with E-state index in [2.05, 4.69) is 0 Å². The van der Waals surface area contributed by atoms with Crippen LogP contribution in [-0.4, -0.2) is 35.0 Å². The number of amides is 1. The number of thiophene rings is 1. The van der Waals surface area contributed by atoms with Gasteiger partial charge in [-0.3, -0.25) is 4.79 Å². The van der Waals surface area contributed by atoms with E-state index in [4.69, 9.17) is 4.74 Å². The molecule has 1 fully saturated rings. The highest BCUT2D eigenvalue weighted by Crippen LogP contribution is 2.24. The third kappa shape index (κ3) is 4.83. The molecule has 1 aromatic rings. The van der Waals surface area contributed by atoms with Gasteiger partial charge in [-0.25, -0.2) is 4.79 Å². The smallest absolute Gasteiger partial charge is 0.410 e. The van der Waals surface area contributed by atoms with Gasteiger partial charge < -0.3 is 9.64 Å². The van der Waals surface area contributed by atoms with Crippen LogP contribution >= 0.6 is 11.3 Å². The number of likely N-dealkylation sites (tertiary alicyclic amines) is 1. The minimum absolute atomic E-state index is 0.0491. The van der Waals surface area contributed by atoms with E-state index in [-0.39, 0.29) is 17.9 Å². The average Bonchev–Trinajstić information content (AvgIpc) is 2.84. The van der Waals surface area contributed by atoms with Gasteiger partial charge in [0.2, 0.25) is 0 Å². The monoisotopic (exact) mass is 323 g/mol. The summed E-state index contributed by atoms with van der Waals surface area (Å²) < 4.78 is 5.51. The lowest BCUT2D eigenvalue weighted by atomic mass is 10.0. The molecule has 2 rings (SSSR count). The van der Waals surface area contributed by atoms with Gasteiger partial charge >= 0.3 is 6.09 Å². The van der Waals surface area contributed by atoms with E-state index in [0.717, 1.165) is 30.6 Å². The molecule has 0 radical (unpaired) electrons. The Kier molecular flexibility index (Phi) is 5.62. The van der Waals surface area contributed by atoms with E-state index < -0.39 is 5.60 Å². The molecule has 5 heteroatoms. The van der Waals surface area contributed by atoms with Gasteiger partial charge in [-0.15, -0.1) is 11.3 Å². The van der Waals surface area contributed by atoms with Crippen LogP contribution in [0.2, 0.25) is 0 Å². The van der Waals surface area contributed by atoms with Gasteiger partial charge in [-0.1, -0.05) is 18.9 Å². The zero-order chi connectivity index (χ0) is 16.2. The average molecular weight is 323 g/mol. The van der Waals surface area contributed by atoms with Gasteiger partial charge in [-0.2, -0.15) is 0 Å². The maximum absolute atomic E-state index is 12.4. The number of hydrogen-bond donors (Lipinski definition) is 0. The van der Waals surface area contributed by atoms with Crippen molar-refractivity contribution in [3.05, 3.63) is 22.4 Å². The van der Waals surface area contributed by atoms with Crippen LogP contribution in [0.1, 0.15) is 62.5 Å². The van der Waals surface area contributed by atoms with E-state index in [1.54, 1.807) is 4.90 Å². The fourth-order valence-electron chi connectivity index (χ4n) is 2.70. The maximum atomic E-state index is 12.4. The highest BCUT2D eigenvalue weighted by Gasteiger charge is 2.31. The molecule has 1 aliphatic rings. The molecule has 0 aliphatic carbocycles. The van der Waals surface area contributed by atoms with Gasteiger partial charge in [0.25, 0.3) is 0 Å². The Morgan fingerprint density at radius 1 is 1.32 bits per heavy atom. The summed E-state index contributed by atoms with van der Waals surface area (Å²) in [7, 11) is 0. The number of hydrogen-bond acceptors (Lipinski definition) is 4. The highest BCUT2D eigenvalue weighted by atomic mass is 32.1. The Labute approximate surface area is 136 Å². The van der Waals surface area contributed by atoms with E-state index in [1.165, 1.54) is 11.3 Å². The lowest BCUT2D eigenvalue weighted by molar-refractivity contribution is 0.0162. The van der Waals surface area contributed by atoms with Crippen molar-refractivity contribution in [2.75, 3.05) is 6.54 Å². The molecule has 122 valence electrons. The first-order valence-electron chi connectivity index (χ1n) is 7.93. The van der Waals surface area contributed by atoms with E-state index in [1.807, 2.05) is 38.3 Å². The third-order valence-electron chi connectivity index (χ3n) is 3.72. The molecule has 2 heterocycles. The number of carbonyl (C=O) groups excluding carboxylic acids is 2. The molecule has 1 amide bonds. The zero-order valence-electron chi connectivity index (χ0n) is 13.6. The van der Waals surface area contributed by atoms with Crippen molar-refractivity contribution in [3.63, 3.8) is 0 Å². The van der Waals surface area contributed by atoms with Gasteiger partial charge in [-0.05, 0) is 45.1 Å². The molecule has 0 N–H and O–H groups in total. The van der Waals surface area contributed by atoms with E-state index in [0.29, 0.717) is 13.0 Å². The van der Waals surface area contributed by atoms with Crippen molar-refractivity contribution in [2.24, 2.45) is 0 Å². The van der Waals surface area contributed by atoms with Crippen LogP contribution < -0.4 is 0 Å². The fourth-order valence-corrected chi connectivity index (χ4v) is 3.38. The van der Waals surface area contributed by atoms with E-state index in [9.17, 15) is 9.59 Å². The number of ketones is 1. The maximum Gasteiger partial charge on any atom is 0.410 e. The summed E-state index contributed by atoms with van der Waals surface area (Å²) in [5.74, 6) is 0.121. The molecule has 0 spiro atoms. The van der Waals surface area contributed by atoms with Crippen LogP contribution in [0.3, 0.4) is 0 Å². The SMILES string of the molecule is CC(C)(C)OC(=O)N1CCCCC[C@H]1CC(=O)c1cccs1. The first-order valence-corrected chi connectivity index (χ1v) is 8.81. The molecule has 22 heavy (non-hydrogen) atoms. The summed E-state index contributed by atoms with van der Waals surface area (Å²) in [6, 6.07) is 3.69. The predicted molar refractivity (Wildman–Crippen MR) is 88.5 cm³/mol. The summed E-state index contributed by atoms with van der Waals surface area (Å²) >= 11 is 1.46. The van der Waals surface area contributed by atoms with Crippen LogP contribution in [-0.2, 0) is 4.74 Å². The molecular formula is C17H25NO3S. The summed E-state index contributed by atoms with van der Waals surface area (Å²) in [5.41, 5.74) is -0.508. The van der Waals surface area contributed by atoms with Crippen LogP contribution in [0.15, 0.2) is 17.5 Å². The van der Waals surface area contributed by atoms with Crippen molar-refractivity contribution >= 4 is 23.2 Å². The van der Waals surface area contributed by atoms with Gasteiger partial charge in [0.05, 0.1) is 4.88 Å². The molecule has 0 saturated carbocycles. The molecule has 0 bridgehead atoms. The molecule has 1 aromatic heterocycles. The second-order valence-electron chi connectivity index (χ2n) is 6.78. The second-order valence-corrected chi connectivity index (χ2v) is 7.73. The van der Waals surface area contributed by atoms with Crippen LogP contribution in [0, 0.1) is 0 Å². The molecule has 4 nitrogen and oxygen atoms in total. The van der Waals surface area contributed by atoms with Crippen molar-refractivity contribution in [2.45, 2.75) is 64.5 Å². The van der Waals surface area contributed by atoms with E-state index >= 15 is 0 Å². The van der Waals surface area contributed by atoms with Crippen LogP contribution in [0.25, 0.3) is 0 Å². The van der Waals surface area contributed by atoms with Crippen molar-refractivity contribution < 1.29 is 14.3 Å². The number of rotatable bonds is 3. The quantitative estimate of drug-likeness (QED) is 0.769. The molecule has 0 unspecified atom stereocenters. The molecular weight excluding hydrogens is 298 g/mol. The Morgan fingerprint density at radius 3 is 2.73 bits per heavy atom. The normalized spacial score (nSPS) is 19.6. The molecule has 1 saturated heterocycles. The van der Waals surface area contributed by atoms with Crippen molar-refractivity contribution in [1.82, 2.24) is 4.90 Å². The second kappa shape index (κ2) is 7.27. The lowest BCUT2D eigenvalue weighted by Crippen LogP contribution is -2.44. The summed E-state index contributed by atoms with van der Waals surface area (Å²) in [6.07, 6.45) is 4.10. The summed E-state index contributed by atoms with van der Waals surface area (Å²) in [4.78, 5) is 27.4. The Bertz CT molecular complexity index is 504. The summed E-state index contributed by atoms with van der Waals surface area (Å²) in [6.45, 7) is 6.29. The minimum atomic E-state index is -0.508. The number of ether oxygens (including phenoxy) is 1. The Balaban J connectivity index is 2.07. The standard InChI is InChI=1S/C17H25NO3S/c1-17(2,3)21-16(20)18-10-6-4-5-8-13(18)12-14(19)15-9-7-11-22-15/h7,9,11,13H,4-6,8,10,12H2,1-3H3/t13-/m0/s1. The minimum Gasteiger partial charge on any atom is -0.444 e. The number of Topliss-reactive ketones (excluding diaryl/α,β-unsaturated/α-hetero) is 1. The zero-order valence-corrected chi connectivity index (χ0v) is 14.4. The van der Waals surface area contributed by atoms with Crippen LogP contribution in [0.5, 0.6) is 0 Å². The topological polar surface area (TPSA) is 46.6 Å². The van der Waals surface area contributed by atoms with Gasteiger partial charge in [0.1, 0.15) is 5.60 Å². The van der Waals surface area contributed by atoms with Gasteiger partial charge in [0.15, 0.2) is 5.78 Å². The predicted octanol–water partition coefficient (Wildman–Crippen LogP) is 4.50. The van der Waals surface area contributed by atoms with Gasteiger partial charge in [0, 0.05) is 19.0 Å². The molecule has 1 atom stereocenters. The number of carbonyl (C=O) groups is 2. The molecule has 1 aliphatic heterocycles. The Hall–Kier alpha value is -1.36. The highest BCUT2D eigenvalue weighted by molar-refractivity contribution is 7.12. The van der Waals surface area contributed by atoms with Crippen molar-refractivity contribution in [1.29, 1.82) is 0 Å². The summed E-state index contributed by atoms with van der Waals surface area (Å²) in [5, 5.41) is 1.91. The molecule has 0 aromatic carbocycles. The first-order chi connectivity index (χ1) is 10.4. The van der Waals surface area contributed by atoms with Crippen molar-refractivity contribution in [3.8, 4) is 0 Å². The largest absolute Gasteiger partial charge is 0.444 e. The Morgan fingerprint density at radius 2 is 2.09 bits per heavy atom. The fraction of sp³-hybridized carbons (Fsp3) is 0.647. The third-order valence-corrected chi connectivity index (χ3v) is 4.63. The number of nitrogens with zero attached hydrogens (tertiary/aromatic N) is 1.